The molecule has 0 N–H and O–H groups in total. The van der Waals surface area contributed by atoms with Gasteiger partial charge in [-0.2, -0.15) is 0 Å². The van der Waals surface area contributed by atoms with Crippen molar-refractivity contribution in [3.8, 4) is 0 Å². The Hall–Kier alpha value is 0.217. The van der Waals surface area contributed by atoms with E-state index >= 15 is 0 Å². The Morgan fingerprint density at radius 3 is 1.05 bits per heavy atom. The molecule has 116 valence electrons. The fourth-order valence-electron chi connectivity index (χ4n) is 5.19. The highest BCUT2D eigenvalue weighted by molar-refractivity contribution is 6.82. The minimum atomic E-state index is -2.42. The van der Waals surface area contributed by atoms with Gasteiger partial charge in [0.2, 0.25) is 0 Å². The lowest BCUT2D eigenvalue weighted by molar-refractivity contribution is 0.417. The minimum Gasteiger partial charge on any atom is -0.0685 e. The quantitative estimate of drug-likeness (QED) is 0.488. The highest BCUT2D eigenvalue weighted by atomic mass is 28.3. The smallest absolute Gasteiger partial charge is 0.0598 e. The molecule has 20 heavy (non-hydrogen) atoms. The first-order chi connectivity index (χ1) is 10.9. The highest BCUT2D eigenvalue weighted by Crippen LogP contribution is 2.56. The van der Waals surface area contributed by atoms with Crippen LogP contribution in [0.4, 0.5) is 0 Å². The lowest BCUT2D eigenvalue weighted by atomic mass is 9.98. The van der Waals surface area contributed by atoms with Gasteiger partial charge in [0.15, 0.2) is 0 Å². The zero-order chi connectivity index (χ0) is 16.6. The molecule has 3 aliphatic rings. The molecule has 3 saturated carbocycles. The van der Waals surface area contributed by atoms with E-state index in [1.807, 2.05) is 0 Å². The molecule has 0 nitrogen and oxygen atoms in total. The maximum absolute atomic E-state index is 9.52. The second-order valence-corrected chi connectivity index (χ2v) is 12.0. The zero-order valence-corrected chi connectivity index (χ0v) is 14.6. The molecule has 3 fully saturated rings. The standard InChI is InChI=1S/C19H36Si/c1-20(17-11-5-2-6-12-17,18-13-7-3-8-14-18)19-15-9-4-10-16-19/h17-19H,2-16H2,1H3/i17D,18D,19D. The van der Waals surface area contributed by atoms with Gasteiger partial charge in [-0.3, -0.25) is 0 Å². The van der Waals surface area contributed by atoms with Gasteiger partial charge in [0, 0.05) is 4.11 Å². The van der Waals surface area contributed by atoms with E-state index in [9.17, 15) is 4.11 Å². The van der Waals surface area contributed by atoms with E-state index in [1.165, 1.54) is 19.3 Å². The molecule has 0 aromatic heterocycles. The Morgan fingerprint density at radius 1 is 0.550 bits per heavy atom. The normalized spacial score (nSPS) is 35.5. The van der Waals surface area contributed by atoms with E-state index in [4.69, 9.17) is 0 Å². The topological polar surface area (TPSA) is 0 Å². The van der Waals surface area contributed by atoms with Crippen molar-refractivity contribution in [2.45, 2.75) is 119 Å². The SMILES string of the molecule is [2H]C1([Si](C)(C2([2H])CCCCC2)C2([2H])CCCCC2)CCCCC1. The fraction of sp³-hybridized carbons (Fsp3) is 1.00. The summed E-state index contributed by atoms with van der Waals surface area (Å²) in [6.07, 6.45) is 16.7. The van der Waals surface area contributed by atoms with Crippen LogP contribution in [0.3, 0.4) is 0 Å². The monoisotopic (exact) mass is 295 g/mol. The highest BCUT2D eigenvalue weighted by Gasteiger charge is 2.48. The van der Waals surface area contributed by atoms with Crippen LogP contribution in [0.1, 0.15) is 100 Å². The first-order valence-corrected chi connectivity index (χ1v) is 11.9. The van der Waals surface area contributed by atoms with E-state index in [-0.39, 0.29) is 0 Å². The Labute approximate surface area is 132 Å². The summed E-state index contributed by atoms with van der Waals surface area (Å²) in [4.78, 5) is 0. The predicted molar refractivity (Wildman–Crippen MR) is 92.1 cm³/mol. The van der Waals surface area contributed by atoms with E-state index in [0.29, 0.717) is 0 Å². The lowest BCUT2D eigenvalue weighted by Crippen LogP contribution is -2.48. The van der Waals surface area contributed by atoms with Crippen molar-refractivity contribution in [3.63, 3.8) is 0 Å². The summed E-state index contributed by atoms with van der Waals surface area (Å²) >= 11 is 0. The molecule has 0 unspecified atom stereocenters. The molecule has 3 aliphatic carbocycles. The predicted octanol–water partition coefficient (Wildman–Crippen LogP) is 7.07. The zero-order valence-electron chi connectivity index (χ0n) is 16.6. The Kier molecular flexibility index (Phi) is 4.10. The van der Waals surface area contributed by atoms with Crippen molar-refractivity contribution >= 4 is 8.07 Å². The van der Waals surface area contributed by atoms with Crippen molar-refractivity contribution in [2.75, 3.05) is 0 Å². The van der Waals surface area contributed by atoms with Crippen molar-refractivity contribution in [1.29, 1.82) is 0 Å². The van der Waals surface area contributed by atoms with Crippen molar-refractivity contribution < 1.29 is 4.11 Å². The number of hydrogen-bond donors (Lipinski definition) is 0. The van der Waals surface area contributed by atoms with E-state index < -0.39 is 24.6 Å². The van der Waals surface area contributed by atoms with E-state index in [0.717, 1.165) is 77.0 Å². The molecular weight excluding hydrogens is 256 g/mol. The van der Waals surface area contributed by atoms with Gasteiger partial charge in [-0.25, -0.2) is 0 Å². The summed E-state index contributed by atoms with van der Waals surface area (Å²) in [6.45, 7) is 2.36. The van der Waals surface area contributed by atoms with Crippen LogP contribution in [-0.2, 0) is 0 Å². The van der Waals surface area contributed by atoms with E-state index in [2.05, 4.69) is 6.55 Å². The van der Waals surface area contributed by atoms with Crippen LogP contribution in [0.25, 0.3) is 0 Å². The maximum Gasteiger partial charge on any atom is 0.0598 e. The van der Waals surface area contributed by atoms with Crippen LogP contribution in [0.15, 0.2) is 0 Å². The summed E-state index contributed by atoms with van der Waals surface area (Å²) in [5, 5.41) is 0. The summed E-state index contributed by atoms with van der Waals surface area (Å²) in [6, 6.07) is 0. The van der Waals surface area contributed by atoms with Gasteiger partial charge in [0.05, 0.1) is 8.07 Å². The molecule has 0 amide bonds. The van der Waals surface area contributed by atoms with Crippen LogP contribution < -0.4 is 0 Å². The third kappa shape index (κ3) is 3.03. The summed E-state index contributed by atoms with van der Waals surface area (Å²) in [7, 11) is -2.42. The van der Waals surface area contributed by atoms with Crippen molar-refractivity contribution in [2.24, 2.45) is 0 Å². The number of rotatable bonds is 3. The molecule has 0 aromatic carbocycles. The summed E-state index contributed by atoms with van der Waals surface area (Å²) < 4.78 is 28.6. The Morgan fingerprint density at radius 2 is 0.800 bits per heavy atom. The maximum atomic E-state index is 9.52. The first-order valence-electron chi connectivity index (χ1n) is 10.9. The minimum absolute atomic E-state index is 0.413. The van der Waals surface area contributed by atoms with Gasteiger partial charge in [0.1, 0.15) is 0 Å². The summed E-state index contributed by atoms with van der Waals surface area (Å²) in [5.74, 6) is 0. The van der Waals surface area contributed by atoms with Crippen molar-refractivity contribution in [3.05, 3.63) is 0 Å². The van der Waals surface area contributed by atoms with Gasteiger partial charge >= 0.3 is 0 Å². The Balaban J connectivity index is 2.04. The molecule has 0 heterocycles. The van der Waals surface area contributed by atoms with Gasteiger partial charge in [-0.1, -0.05) is 103 Å². The molecule has 0 atom stereocenters. The lowest BCUT2D eigenvalue weighted by Gasteiger charge is -2.51. The van der Waals surface area contributed by atoms with Crippen LogP contribution in [0.5, 0.6) is 0 Å². The van der Waals surface area contributed by atoms with Crippen LogP contribution >= 0.6 is 0 Å². The van der Waals surface area contributed by atoms with Crippen LogP contribution in [-0.4, -0.2) is 8.07 Å². The second kappa shape index (κ2) is 6.98. The summed E-state index contributed by atoms with van der Waals surface area (Å²) in [5.41, 5.74) is -1.24. The molecule has 3 rings (SSSR count). The molecule has 0 radical (unpaired) electrons. The third-order valence-corrected chi connectivity index (χ3v) is 12.2. The first kappa shape index (κ1) is 11.7. The fourth-order valence-corrected chi connectivity index (χ4v) is 10.7. The van der Waals surface area contributed by atoms with Gasteiger partial charge in [-0.15, -0.1) is 0 Å². The van der Waals surface area contributed by atoms with Crippen molar-refractivity contribution in [1.82, 2.24) is 0 Å². The van der Waals surface area contributed by atoms with Gasteiger partial charge < -0.3 is 0 Å². The molecule has 0 aliphatic heterocycles. The van der Waals surface area contributed by atoms with Gasteiger partial charge in [0.25, 0.3) is 0 Å². The molecule has 0 bridgehead atoms. The molecule has 0 saturated heterocycles. The number of hydrogen-bond acceptors (Lipinski definition) is 0. The van der Waals surface area contributed by atoms with Crippen LogP contribution in [0, 0.1) is 0 Å². The second-order valence-electron chi connectivity index (χ2n) is 7.62. The molecule has 0 spiro atoms. The third-order valence-electron chi connectivity index (χ3n) is 6.49. The molecular formula is C19H36Si. The van der Waals surface area contributed by atoms with Gasteiger partial charge in [-0.05, 0) is 16.6 Å². The molecule has 0 aromatic rings. The average Bonchev–Trinajstić information content (AvgIpc) is 2.56. The van der Waals surface area contributed by atoms with E-state index in [1.54, 1.807) is 0 Å². The largest absolute Gasteiger partial charge is 0.0685 e. The average molecular weight is 296 g/mol. The van der Waals surface area contributed by atoms with Crippen LogP contribution in [0.2, 0.25) is 23.1 Å². The Bertz CT molecular complexity index is 345. The molecule has 1 heteroatoms.